The van der Waals surface area contributed by atoms with Crippen molar-refractivity contribution in [1.29, 1.82) is 0 Å². The van der Waals surface area contributed by atoms with Crippen molar-refractivity contribution in [2.45, 2.75) is 6.42 Å². The first-order valence-electron chi connectivity index (χ1n) is 5.83. The Kier molecular flexibility index (Phi) is 4.44. The van der Waals surface area contributed by atoms with Crippen LogP contribution in [-0.4, -0.2) is 26.9 Å². The number of aliphatic carboxylic acids is 1. The molecule has 1 aromatic carbocycles. The number of hydrogen-bond donors (Lipinski definition) is 2. The lowest BCUT2D eigenvalue weighted by Gasteiger charge is -1.99. The van der Waals surface area contributed by atoms with Gasteiger partial charge < -0.3 is 10.2 Å². The fraction of sp³-hybridized carbons (Fsp3) is 0.0714. The number of carbonyl (C=O) groups excluding carboxylic acids is 1. The van der Waals surface area contributed by atoms with Crippen molar-refractivity contribution < 1.29 is 24.2 Å². The Morgan fingerprint density at radius 3 is 2.67 bits per heavy atom. The number of aliphatic hydroxyl groups excluding tert-OH is 1. The molecule has 0 aliphatic heterocycles. The molecular formula is C14H10FNO4S. The predicted octanol–water partition coefficient (Wildman–Crippen LogP) is 2.58. The molecule has 0 atom stereocenters. The number of ketones is 1. The minimum atomic E-state index is -1.59. The first-order valence-corrected chi connectivity index (χ1v) is 6.71. The summed E-state index contributed by atoms with van der Waals surface area (Å²) >= 11 is 1.00. The number of aliphatic hydroxyl groups is 1. The van der Waals surface area contributed by atoms with Crippen LogP contribution in [0, 0.1) is 5.82 Å². The number of aromatic nitrogens is 1. The lowest BCUT2D eigenvalue weighted by atomic mass is 10.1. The Balaban J connectivity index is 2.15. The molecule has 2 aromatic rings. The summed E-state index contributed by atoms with van der Waals surface area (Å²) in [6.07, 6.45) is 0.819. The summed E-state index contributed by atoms with van der Waals surface area (Å²) in [5.41, 5.74) is 0.947. The minimum absolute atomic E-state index is 0.0362. The first kappa shape index (κ1) is 14.9. The topological polar surface area (TPSA) is 87.5 Å². The van der Waals surface area contributed by atoms with E-state index in [1.807, 2.05) is 0 Å². The van der Waals surface area contributed by atoms with Crippen LogP contribution in [0.25, 0.3) is 0 Å². The molecule has 0 bridgehead atoms. The molecule has 0 saturated heterocycles. The van der Waals surface area contributed by atoms with Gasteiger partial charge in [-0.1, -0.05) is 18.2 Å². The molecule has 1 aromatic heterocycles. The molecule has 5 nitrogen and oxygen atoms in total. The molecule has 0 amide bonds. The number of rotatable bonds is 5. The molecule has 21 heavy (non-hydrogen) atoms. The van der Waals surface area contributed by atoms with Crippen LogP contribution in [0.4, 0.5) is 4.39 Å². The van der Waals surface area contributed by atoms with E-state index in [2.05, 4.69) is 4.98 Å². The highest BCUT2D eigenvalue weighted by Gasteiger charge is 2.14. The van der Waals surface area contributed by atoms with E-state index in [1.165, 1.54) is 6.07 Å². The number of carbonyl (C=O) groups is 2. The molecule has 2 rings (SSSR count). The Bertz CT molecular complexity index is 723. The van der Waals surface area contributed by atoms with Crippen molar-refractivity contribution in [3.05, 3.63) is 63.6 Å². The molecule has 0 aliphatic carbocycles. The van der Waals surface area contributed by atoms with Gasteiger partial charge in [0, 0.05) is 17.9 Å². The fourth-order valence-electron chi connectivity index (χ4n) is 1.59. The molecule has 0 radical (unpaired) electrons. The third-order valence-corrected chi connectivity index (χ3v) is 3.48. The molecule has 1 heterocycles. The maximum absolute atomic E-state index is 13.5. The maximum atomic E-state index is 13.5. The van der Waals surface area contributed by atoms with E-state index in [0.29, 0.717) is 17.3 Å². The van der Waals surface area contributed by atoms with Crippen molar-refractivity contribution in [3.63, 3.8) is 0 Å². The predicted molar refractivity (Wildman–Crippen MR) is 74.0 cm³/mol. The van der Waals surface area contributed by atoms with Crippen LogP contribution < -0.4 is 0 Å². The molecule has 0 fully saturated rings. The minimum Gasteiger partial charge on any atom is -0.502 e. The van der Waals surface area contributed by atoms with Crippen LogP contribution in [0.3, 0.4) is 0 Å². The Labute approximate surface area is 123 Å². The summed E-state index contributed by atoms with van der Waals surface area (Å²) in [5.74, 6) is -3.71. The quantitative estimate of drug-likeness (QED) is 0.503. The maximum Gasteiger partial charge on any atom is 0.371 e. The van der Waals surface area contributed by atoms with Crippen molar-refractivity contribution >= 4 is 23.1 Å². The van der Waals surface area contributed by atoms with Gasteiger partial charge in [0.2, 0.25) is 11.5 Å². The lowest BCUT2D eigenvalue weighted by Crippen LogP contribution is -2.04. The smallest absolute Gasteiger partial charge is 0.371 e. The second kappa shape index (κ2) is 6.27. The largest absolute Gasteiger partial charge is 0.502 e. The number of carboxylic acid groups (broad SMARTS) is 1. The van der Waals surface area contributed by atoms with E-state index in [4.69, 9.17) is 10.2 Å². The lowest BCUT2D eigenvalue weighted by molar-refractivity contribution is -0.135. The van der Waals surface area contributed by atoms with Gasteiger partial charge in [-0.2, -0.15) is 0 Å². The van der Waals surface area contributed by atoms with Crippen LogP contribution >= 0.6 is 11.3 Å². The third-order valence-electron chi connectivity index (χ3n) is 2.58. The zero-order valence-corrected chi connectivity index (χ0v) is 11.4. The molecule has 2 N–H and O–H groups in total. The molecule has 0 aliphatic rings. The molecule has 0 spiro atoms. The number of allylic oxidation sites excluding steroid dienone is 1. The molecular weight excluding hydrogens is 297 g/mol. The number of carboxylic acids is 1. The number of hydrogen-bond acceptors (Lipinski definition) is 5. The van der Waals surface area contributed by atoms with Gasteiger partial charge in [-0.15, -0.1) is 11.3 Å². The van der Waals surface area contributed by atoms with Gasteiger partial charge >= 0.3 is 5.97 Å². The summed E-state index contributed by atoms with van der Waals surface area (Å²) in [6.45, 7) is 0. The number of nitrogens with zero attached hydrogens (tertiary/aromatic N) is 1. The highest BCUT2D eigenvalue weighted by molar-refractivity contribution is 7.11. The zero-order chi connectivity index (χ0) is 15.4. The van der Waals surface area contributed by atoms with Crippen LogP contribution in [0.5, 0.6) is 0 Å². The Morgan fingerprint density at radius 2 is 2.00 bits per heavy atom. The molecule has 0 unspecified atom stereocenters. The van der Waals surface area contributed by atoms with Gasteiger partial charge in [-0.3, -0.25) is 4.79 Å². The van der Waals surface area contributed by atoms with Gasteiger partial charge in [0.25, 0.3) is 0 Å². The molecule has 7 heteroatoms. The Morgan fingerprint density at radius 1 is 1.29 bits per heavy atom. The Hall–Kier alpha value is -2.54. The zero-order valence-electron chi connectivity index (χ0n) is 10.6. The summed E-state index contributed by atoms with van der Waals surface area (Å²) in [6, 6.07) is 6.23. The van der Waals surface area contributed by atoms with Crippen LogP contribution in [0.2, 0.25) is 0 Å². The van der Waals surface area contributed by atoms with Gasteiger partial charge in [0.1, 0.15) is 5.82 Å². The standard InChI is InChI=1S/C14H10FNO4S/c15-10-4-2-1-3-8(10)5-9-7-21-13(16-9)11(17)6-12(18)14(19)20/h1-4,6-7,18H,5H2,(H,19,20)/b12-6-. The third kappa shape index (κ3) is 3.73. The van der Waals surface area contributed by atoms with Gasteiger partial charge in [0.15, 0.2) is 5.01 Å². The van der Waals surface area contributed by atoms with E-state index < -0.39 is 17.5 Å². The number of benzene rings is 1. The van der Waals surface area contributed by atoms with E-state index in [-0.39, 0.29) is 17.2 Å². The second-order valence-electron chi connectivity index (χ2n) is 4.11. The first-order chi connectivity index (χ1) is 9.97. The normalized spacial score (nSPS) is 11.4. The van der Waals surface area contributed by atoms with Crippen molar-refractivity contribution in [2.75, 3.05) is 0 Å². The summed E-state index contributed by atoms with van der Waals surface area (Å²) in [5, 5.41) is 19.1. The average molecular weight is 307 g/mol. The highest BCUT2D eigenvalue weighted by Crippen LogP contribution is 2.17. The van der Waals surface area contributed by atoms with E-state index >= 15 is 0 Å². The average Bonchev–Trinajstić information content (AvgIpc) is 2.90. The van der Waals surface area contributed by atoms with Gasteiger partial charge in [-0.25, -0.2) is 14.2 Å². The highest BCUT2D eigenvalue weighted by atomic mass is 32.1. The molecule has 0 saturated carbocycles. The van der Waals surface area contributed by atoms with Gasteiger partial charge in [0.05, 0.1) is 5.69 Å². The van der Waals surface area contributed by atoms with Crippen LogP contribution in [-0.2, 0) is 11.2 Å². The summed E-state index contributed by atoms with van der Waals surface area (Å²) < 4.78 is 13.5. The van der Waals surface area contributed by atoms with Crippen LogP contribution in [0.1, 0.15) is 21.1 Å². The summed E-state index contributed by atoms with van der Waals surface area (Å²) in [7, 11) is 0. The van der Waals surface area contributed by atoms with Crippen molar-refractivity contribution in [1.82, 2.24) is 4.98 Å². The van der Waals surface area contributed by atoms with E-state index in [1.54, 1.807) is 23.6 Å². The van der Waals surface area contributed by atoms with E-state index in [0.717, 1.165) is 11.3 Å². The number of halogens is 1. The number of thiazole rings is 1. The van der Waals surface area contributed by atoms with Crippen molar-refractivity contribution in [2.24, 2.45) is 0 Å². The molecule has 108 valence electrons. The SMILES string of the molecule is O=C(O)/C(O)=C/C(=O)c1nc(Cc2ccccc2F)cs1. The van der Waals surface area contributed by atoms with Crippen molar-refractivity contribution in [3.8, 4) is 0 Å². The van der Waals surface area contributed by atoms with Gasteiger partial charge in [-0.05, 0) is 11.6 Å². The summed E-state index contributed by atoms with van der Waals surface area (Å²) in [4.78, 5) is 26.1. The van der Waals surface area contributed by atoms with Crippen LogP contribution in [0.15, 0.2) is 41.5 Å². The second-order valence-corrected chi connectivity index (χ2v) is 4.97. The fourth-order valence-corrected chi connectivity index (χ4v) is 2.31. The van der Waals surface area contributed by atoms with E-state index in [9.17, 15) is 14.0 Å². The monoisotopic (exact) mass is 307 g/mol.